The molecule has 0 bridgehead atoms. The molecule has 23 rings (SSSR count). The first kappa shape index (κ1) is 85.9. The van der Waals surface area contributed by atoms with Crippen LogP contribution >= 0.6 is 0 Å². The molecule has 17 heterocycles. The van der Waals surface area contributed by atoms with Gasteiger partial charge in [0.15, 0.2) is 0 Å². The third kappa shape index (κ3) is 19.6. The number of hydrogen-bond acceptors (Lipinski definition) is 1. The molecule has 0 atom stereocenters. The molecule has 1 aromatic heterocycles. The molecule has 127 heavy (non-hydrogen) atoms. The second-order valence-corrected chi connectivity index (χ2v) is 30.3. The van der Waals surface area contributed by atoms with Crippen LogP contribution in [0.3, 0.4) is 0 Å². The summed E-state index contributed by atoms with van der Waals surface area (Å²) in [6, 6.07) is 34.1. The monoisotopic (exact) mass is 1900 g/mol. The molecule has 6 aromatic carbocycles. The van der Waals surface area contributed by atoms with E-state index in [0.717, 1.165) is 195 Å². The molecular weight excluding hydrogens is 1830 g/mol. The zero-order chi connectivity index (χ0) is 83.7. The standard InChI is InChI=1S/C35H26N6.C24H14N4.C23H20N4.C13H8N.C12H8N2.3Ru/c1-22-9-13-36-29(16-22)31-19-24(11-15-38-31)18-25-20-32(40-33(21-25)30-17-23(2)10-14-37-30)28-8-7-27-6-5-26-4-3-12-39-34(26)35(27)41-28;1-3-15-5-7-17-9-11-19(27-23(17)21(15)25-13-1)20-12-10-18-8-6-16-4-2-14-26-22(16)24(18)28-20;1-16-3-7-24-20(11-16)22-14-18(5-9-26-22)13-19-6-10-27-23(15-19)21-12-17(2)4-8-25-21;1-2-6-12-10(4-1)7-8-11-5-3-9-14-13(11)12;1-3-9-5-6-10-4-2-8-14-12(10)11(9)13-7-1;;;/h3-17,19-21H,18H2,1-2H3;1-14H;3-12,14-15H,13H2,1-2H3;1-5,7-9H;1-8H;;;/q-6;2*-4;-1;-2;+5;2*+6. The average molecular weight is 1900 g/mol. The second-order valence-electron chi connectivity index (χ2n) is 30.3. The normalized spacial score (nSPS) is 19.7. The molecule has 0 saturated heterocycles. The van der Waals surface area contributed by atoms with Gasteiger partial charge in [-0.25, -0.2) is 0 Å². The Balaban J connectivity index is 0.000000122. The van der Waals surface area contributed by atoms with Gasteiger partial charge in [0.1, 0.15) is 0 Å². The number of aromatic nitrogens is 1. The Morgan fingerprint density at radius 3 is 0.945 bits per heavy atom. The van der Waals surface area contributed by atoms with Crippen molar-refractivity contribution < 1.29 is 58.4 Å². The minimum absolute atomic E-state index is 0. The van der Waals surface area contributed by atoms with Gasteiger partial charge < -0.3 is 90.1 Å². The van der Waals surface area contributed by atoms with Gasteiger partial charge in [0.2, 0.25) is 0 Å². The number of allylic oxidation sites excluding steroid dienone is 32. The van der Waals surface area contributed by atoms with Crippen LogP contribution < -0.4 is 41.7 Å². The summed E-state index contributed by atoms with van der Waals surface area (Å²) in [6.45, 7) is 8.25. The van der Waals surface area contributed by atoms with Crippen molar-refractivity contribution in [3.63, 3.8) is 0 Å². The van der Waals surface area contributed by atoms with E-state index in [9.17, 15) is 0 Å². The molecule has 17 nitrogen and oxygen atoms in total. The number of hydrogen-bond donors (Lipinski definition) is 0. The van der Waals surface area contributed by atoms with E-state index in [0.29, 0.717) is 6.42 Å². The van der Waals surface area contributed by atoms with E-state index in [4.69, 9.17) is 21.3 Å². The zero-order valence-electron chi connectivity index (χ0n) is 69.2. The predicted octanol–water partition coefficient (Wildman–Crippen LogP) is 26.2. The Hall–Kier alpha value is -14.7. The van der Waals surface area contributed by atoms with Crippen molar-refractivity contribution in [1.82, 2.24) is 4.98 Å². The maximum Gasteiger partial charge on any atom is 6.00 e. The molecule has 7 aromatic rings. The summed E-state index contributed by atoms with van der Waals surface area (Å²) in [7, 11) is 0. The second kappa shape index (κ2) is 39.5. The first-order chi connectivity index (χ1) is 61.0. The fourth-order valence-corrected chi connectivity index (χ4v) is 15.3. The summed E-state index contributed by atoms with van der Waals surface area (Å²) < 4.78 is 0. The van der Waals surface area contributed by atoms with E-state index in [1.807, 2.05) is 171 Å². The van der Waals surface area contributed by atoms with Gasteiger partial charge in [0.25, 0.3) is 0 Å². The molecule has 613 valence electrons. The van der Waals surface area contributed by atoms with Crippen molar-refractivity contribution in [1.29, 1.82) is 0 Å². The quantitative estimate of drug-likeness (QED) is 0.0881. The number of fused-ring (bicyclic) bond motifs is 15. The average Bonchev–Trinajstić information content (AvgIpc) is 0.769. The summed E-state index contributed by atoms with van der Waals surface area (Å²) in [5.74, 6) is 0. The van der Waals surface area contributed by atoms with Crippen LogP contribution in [0, 0.1) is 6.07 Å². The van der Waals surface area contributed by atoms with E-state index >= 15 is 0 Å². The molecule has 20 heteroatoms. The topological polar surface area (TPSA) is 238 Å². The van der Waals surface area contributed by atoms with Crippen molar-refractivity contribution in [2.45, 2.75) is 40.5 Å². The van der Waals surface area contributed by atoms with Crippen LogP contribution in [-0.4, -0.2) is 4.98 Å². The number of nitrogens with zero attached hydrogens (tertiary/aromatic N) is 17. The van der Waals surface area contributed by atoms with Crippen molar-refractivity contribution >= 4 is 116 Å². The smallest absolute Gasteiger partial charge is 0.665 e. The van der Waals surface area contributed by atoms with Gasteiger partial charge in [-0.15, -0.1) is 80.5 Å². The fourth-order valence-electron chi connectivity index (χ4n) is 15.3. The maximum absolute atomic E-state index is 5.07. The van der Waals surface area contributed by atoms with Gasteiger partial charge in [0, 0.05) is 6.20 Å². The molecule has 0 unspecified atom stereocenters. The van der Waals surface area contributed by atoms with E-state index < -0.39 is 0 Å². The zero-order valence-corrected chi connectivity index (χ0v) is 74.4. The fraction of sp³-hybridized carbons (Fsp3) is 0.0561. The number of pyridine rings is 1. The largest absolute Gasteiger partial charge is 6.00 e. The Bertz CT molecular complexity index is 7020. The van der Waals surface area contributed by atoms with Crippen LogP contribution in [0.2, 0.25) is 0 Å². The van der Waals surface area contributed by atoms with Crippen LogP contribution in [0.25, 0.3) is 155 Å². The first-order valence-electron chi connectivity index (χ1n) is 40.8. The van der Waals surface area contributed by atoms with Crippen molar-refractivity contribution in [3.8, 4) is 0 Å². The summed E-state index contributed by atoms with van der Waals surface area (Å²) in [4.78, 5) is 4.38. The molecular formula is C107H76N17Ru3. The molecule has 0 saturated carbocycles. The summed E-state index contributed by atoms with van der Waals surface area (Å²) >= 11 is 0. The van der Waals surface area contributed by atoms with Crippen molar-refractivity contribution in [2.75, 3.05) is 0 Å². The minimum Gasteiger partial charge on any atom is -0.665 e. The van der Waals surface area contributed by atoms with E-state index in [1.54, 1.807) is 12.4 Å². The summed E-state index contributed by atoms with van der Waals surface area (Å²) in [5.41, 5.74) is 27.9. The third-order valence-electron chi connectivity index (χ3n) is 21.5. The van der Waals surface area contributed by atoms with E-state index in [2.05, 4.69) is 285 Å². The van der Waals surface area contributed by atoms with Crippen LogP contribution in [0.1, 0.15) is 40.5 Å². The van der Waals surface area contributed by atoms with Crippen molar-refractivity contribution in [2.24, 2.45) is 0 Å². The van der Waals surface area contributed by atoms with Gasteiger partial charge in [-0.1, -0.05) is 283 Å². The molecule has 0 N–H and O–H groups in total. The minimum atomic E-state index is 0. The summed E-state index contributed by atoms with van der Waals surface area (Å²) in [5, 5.41) is 86.1. The Kier molecular flexibility index (Phi) is 26.7. The van der Waals surface area contributed by atoms with Crippen LogP contribution in [0.5, 0.6) is 0 Å². The van der Waals surface area contributed by atoms with E-state index in [1.165, 1.54) is 33.1 Å². The van der Waals surface area contributed by atoms with Crippen molar-refractivity contribution in [3.05, 3.63) is 563 Å². The number of benzene rings is 6. The van der Waals surface area contributed by atoms with Gasteiger partial charge >= 0.3 is 58.4 Å². The van der Waals surface area contributed by atoms with Gasteiger partial charge in [-0.2, -0.15) is 143 Å². The van der Waals surface area contributed by atoms with Gasteiger partial charge in [0.05, 0.1) is 0 Å². The van der Waals surface area contributed by atoms with Gasteiger partial charge in [-0.05, 0) is 122 Å². The maximum atomic E-state index is 5.07. The Morgan fingerprint density at radius 2 is 0.567 bits per heavy atom. The van der Waals surface area contributed by atoms with Crippen LogP contribution in [-0.2, 0) is 58.4 Å². The Morgan fingerprint density at radius 1 is 0.260 bits per heavy atom. The summed E-state index contributed by atoms with van der Waals surface area (Å²) in [6.07, 6.45) is 90.4. The first-order valence-corrected chi connectivity index (χ1v) is 40.8. The van der Waals surface area contributed by atoms with Crippen LogP contribution in [0.4, 0.5) is 45.5 Å². The molecule has 16 aliphatic rings. The van der Waals surface area contributed by atoms with Crippen LogP contribution in [0.15, 0.2) is 430 Å². The van der Waals surface area contributed by atoms with Gasteiger partial charge in [-0.3, -0.25) is 0 Å². The number of rotatable bonds is 6. The SMILES string of the molecule is C1=C[N-]c2c3c(ccc2=C1)=CC=C(C1=CC=c2ccc4c(c2[N-]1)[N-]C=CC=4)[N-]3.C1=C[N-]c2c3c(ccc2=C1)=CC=C[N-]3.CC1=CC(=C2C=C(CC3=CC(=C4C=C(C)C=C[N-]4)[N-]C(C4=CC=c5ccc6c(c5[N-]4)[N-]C=CC=6)=C3)C=C[N-]2)[N-]C=C1.CC1=CC(=C2C=C(CC3=CC(=C4C=C(C)C=C[N-]4)[N-]C=C3)C=C[N-]2)[N-]C=C1.[Ru+5].[Ru+6].[Ru+6].[c-]1cccc2ccc3cccnc3c12. The molecule has 16 aliphatic heterocycles. The molecule has 0 amide bonds. The predicted molar refractivity (Wildman–Crippen MR) is 514 cm³/mol. The molecule has 0 spiro atoms. The third-order valence-corrected chi connectivity index (χ3v) is 21.5. The molecule has 0 aliphatic carbocycles. The Labute approximate surface area is 776 Å². The molecule has 0 fully saturated rings. The van der Waals surface area contributed by atoms with E-state index in [-0.39, 0.29) is 58.4 Å². The molecule has 1 radical (unpaired) electrons.